The minimum absolute atomic E-state index is 0.681. The summed E-state index contributed by atoms with van der Waals surface area (Å²) in [6.07, 6.45) is 1.31. The number of piperazine rings is 1. The van der Waals surface area contributed by atoms with Crippen molar-refractivity contribution in [2.75, 3.05) is 40.3 Å². The van der Waals surface area contributed by atoms with Crippen LogP contribution in [0.2, 0.25) is 5.02 Å². The summed E-state index contributed by atoms with van der Waals surface area (Å²) >= 11 is 6.19. The van der Waals surface area contributed by atoms with Gasteiger partial charge in [0.25, 0.3) is 0 Å². The third kappa shape index (κ3) is 3.29. The average molecular weight is 358 g/mol. The van der Waals surface area contributed by atoms with Crippen LogP contribution in [0.4, 0.5) is 5.69 Å². The fourth-order valence-electron chi connectivity index (χ4n) is 4.14. The molecule has 25 heavy (non-hydrogen) atoms. The lowest BCUT2D eigenvalue weighted by Crippen LogP contribution is -2.58. The summed E-state index contributed by atoms with van der Waals surface area (Å²) in [6, 6.07) is 17.9. The highest BCUT2D eigenvalue weighted by Crippen LogP contribution is 2.45. The average Bonchev–Trinajstić information content (AvgIpc) is 3.44. The lowest BCUT2D eigenvalue weighted by Gasteiger charge is -2.42. The van der Waals surface area contributed by atoms with E-state index in [0.29, 0.717) is 5.02 Å². The summed E-state index contributed by atoms with van der Waals surface area (Å²) in [4.78, 5) is 2.69. The molecule has 2 atom stereocenters. The minimum atomic E-state index is 0.681. The number of halogens is 1. The van der Waals surface area contributed by atoms with E-state index in [2.05, 4.69) is 54.4 Å². The maximum Gasteiger partial charge on any atom is 0.143 e. The van der Waals surface area contributed by atoms with Crippen LogP contribution in [0.5, 0.6) is 5.75 Å². The quantitative estimate of drug-likeness (QED) is 0.762. The zero-order valence-corrected chi connectivity index (χ0v) is 15.7. The van der Waals surface area contributed by atoms with Gasteiger partial charge in [0.15, 0.2) is 0 Å². The van der Waals surface area contributed by atoms with Crippen LogP contribution >= 0.6 is 11.6 Å². The number of hydrogen-bond donors (Lipinski definition) is 0. The van der Waals surface area contributed by atoms with Crippen molar-refractivity contribution >= 4 is 17.3 Å². The van der Waals surface area contributed by atoms with Crippen LogP contribution in [0.1, 0.15) is 17.9 Å². The van der Waals surface area contributed by atoms with Crippen molar-refractivity contribution in [2.24, 2.45) is 0 Å². The molecule has 1 aliphatic carbocycles. The molecule has 0 radical (unpaired) electrons. The molecule has 1 saturated heterocycles. The van der Waals surface area contributed by atoms with Crippen LogP contribution in [0.15, 0.2) is 48.5 Å². The molecule has 0 bridgehead atoms. The van der Waals surface area contributed by atoms with E-state index in [9.17, 15) is 0 Å². The highest BCUT2D eigenvalue weighted by molar-refractivity contribution is 6.32. The fraction of sp³-hybridized carbons (Fsp3) is 0.429. The summed E-state index contributed by atoms with van der Waals surface area (Å²) in [5, 5.41) is 0.681. The van der Waals surface area contributed by atoms with E-state index in [1.54, 1.807) is 7.11 Å². The normalized spacial score (nSPS) is 25.6. The van der Waals surface area contributed by atoms with E-state index in [1.807, 2.05) is 6.07 Å². The Hall–Kier alpha value is -1.55. The van der Waals surface area contributed by atoms with Gasteiger partial charge in [0.1, 0.15) is 11.4 Å². The van der Waals surface area contributed by atoms with E-state index >= 15 is 0 Å². The molecule has 2 aromatic rings. The molecule has 1 saturated carbocycles. The second-order valence-corrected chi connectivity index (χ2v) is 7.93. The molecule has 2 aliphatic rings. The molecule has 132 valence electrons. The van der Waals surface area contributed by atoms with Gasteiger partial charge in [0.2, 0.25) is 0 Å². The molecular weight excluding hydrogens is 332 g/mol. The smallest absolute Gasteiger partial charge is 0.143 e. The van der Waals surface area contributed by atoms with E-state index in [-0.39, 0.29) is 0 Å². The Morgan fingerprint density at radius 2 is 1.80 bits per heavy atom. The molecule has 1 aliphatic heterocycles. The first-order valence-corrected chi connectivity index (χ1v) is 9.46. The number of methoxy groups -OCH3 is 1. The molecule has 0 spiro atoms. The number of benzene rings is 2. The first-order chi connectivity index (χ1) is 12.1. The van der Waals surface area contributed by atoms with Gasteiger partial charge < -0.3 is 4.74 Å². The van der Waals surface area contributed by atoms with Crippen molar-refractivity contribution in [1.29, 1.82) is 0 Å². The van der Waals surface area contributed by atoms with Gasteiger partial charge in [-0.05, 0) is 18.1 Å². The molecule has 0 unspecified atom stereocenters. The Balaban J connectivity index is 1.41. The summed E-state index contributed by atoms with van der Waals surface area (Å²) in [7, 11) is 4.00. The number of likely N-dealkylation sites (N-methyl/N-ethyl adjacent to an activating group) is 1. The van der Waals surface area contributed by atoms with Crippen molar-refractivity contribution in [1.82, 2.24) is 9.38 Å². The summed E-state index contributed by atoms with van der Waals surface area (Å²) in [5.74, 6) is 1.50. The number of hydrogen-bond acceptors (Lipinski definition) is 2. The Morgan fingerprint density at radius 3 is 2.48 bits per heavy atom. The highest BCUT2D eigenvalue weighted by atomic mass is 35.5. The molecule has 4 rings (SSSR count). The summed E-state index contributed by atoms with van der Waals surface area (Å²) in [6.45, 7) is 4.55. The van der Waals surface area contributed by atoms with Gasteiger partial charge in [-0.25, -0.2) is 0 Å². The maximum atomic E-state index is 6.19. The summed E-state index contributed by atoms with van der Waals surface area (Å²) in [5.41, 5.74) is 2.79. The Labute approximate surface area is 155 Å². The predicted molar refractivity (Wildman–Crippen MR) is 105 cm³/mol. The highest BCUT2D eigenvalue weighted by Gasteiger charge is 2.45. The van der Waals surface area contributed by atoms with Crippen LogP contribution < -0.4 is 9.22 Å². The first kappa shape index (κ1) is 16.9. The predicted octanol–water partition coefficient (Wildman–Crippen LogP) is 4.16. The SMILES string of the molecule is COc1cc([N+]2(C)CCN([C@@H]3C[C@H]3c3ccccc3)CC2)ccc1Cl. The molecule has 1 heterocycles. The summed E-state index contributed by atoms with van der Waals surface area (Å²) < 4.78 is 6.35. The van der Waals surface area contributed by atoms with Gasteiger partial charge in [0.05, 0.1) is 32.3 Å². The van der Waals surface area contributed by atoms with Gasteiger partial charge in [-0.3, -0.25) is 9.38 Å². The molecule has 2 fully saturated rings. The lowest BCUT2D eigenvalue weighted by atomic mass is 10.1. The molecule has 2 aromatic carbocycles. The number of nitrogens with zero attached hydrogens (tertiary/aromatic N) is 2. The zero-order chi connectivity index (χ0) is 17.4. The van der Waals surface area contributed by atoms with Crippen molar-refractivity contribution < 1.29 is 4.74 Å². The van der Waals surface area contributed by atoms with Crippen LogP contribution in [-0.2, 0) is 0 Å². The van der Waals surface area contributed by atoms with Crippen LogP contribution in [0, 0.1) is 0 Å². The lowest BCUT2D eigenvalue weighted by molar-refractivity contribution is 0.147. The fourth-order valence-corrected chi connectivity index (χ4v) is 4.33. The van der Waals surface area contributed by atoms with Crippen LogP contribution in [0.3, 0.4) is 0 Å². The second kappa shape index (κ2) is 6.64. The zero-order valence-electron chi connectivity index (χ0n) is 15.0. The second-order valence-electron chi connectivity index (χ2n) is 7.52. The van der Waals surface area contributed by atoms with E-state index < -0.39 is 0 Å². The third-order valence-corrected chi connectivity index (χ3v) is 6.29. The molecule has 3 nitrogen and oxygen atoms in total. The number of rotatable bonds is 4. The molecular formula is C21H26ClN2O+. The van der Waals surface area contributed by atoms with E-state index in [0.717, 1.165) is 48.4 Å². The maximum absolute atomic E-state index is 6.19. The van der Waals surface area contributed by atoms with Crippen molar-refractivity contribution in [3.05, 3.63) is 59.1 Å². The van der Waals surface area contributed by atoms with E-state index in [1.165, 1.54) is 17.7 Å². The van der Waals surface area contributed by atoms with Gasteiger partial charge in [-0.15, -0.1) is 0 Å². The number of ether oxygens (including phenoxy) is 1. The largest absolute Gasteiger partial charge is 0.495 e. The number of quaternary nitrogens is 1. The Kier molecular flexibility index (Phi) is 4.48. The standard InChI is InChI=1S/C21H26ClN2O/c1-24(17-8-9-19(22)21(14-17)25-2)12-10-23(11-13-24)20-15-18(20)16-6-4-3-5-7-16/h3-9,14,18,20H,10-13,15H2,1-2H3/q+1/t18-,20+/m0/s1. The molecule has 0 aromatic heterocycles. The van der Waals surface area contributed by atoms with Gasteiger partial charge in [0, 0.05) is 37.2 Å². The topological polar surface area (TPSA) is 12.5 Å². The van der Waals surface area contributed by atoms with Crippen LogP contribution in [-0.4, -0.2) is 51.3 Å². The van der Waals surface area contributed by atoms with Crippen molar-refractivity contribution in [3.63, 3.8) is 0 Å². The molecule has 4 heteroatoms. The third-order valence-electron chi connectivity index (χ3n) is 5.97. The van der Waals surface area contributed by atoms with E-state index in [4.69, 9.17) is 16.3 Å². The van der Waals surface area contributed by atoms with Gasteiger partial charge >= 0.3 is 0 Å². The van der Waals surface area contributed by atoms with Gasteiger partial charge in [-0.1, -0.05) is 41.9 Å². The Morgan fingerprint density at radius 1 is 1.08 bits per heavy atom. The van der Waals surface area contributed by atoms with Crippen LogP contribution in [0.25, 0.3) is 0 Å². The van der Waals surface area contributed by atoms with Crippen molar-refractivity contribution in [3.8, 4) is 5.75 Å². The monoisotopic (exact) mass is 357 g/mol. The minimum Gasteiger partial charge on any atom is -0.495 e. The van der Waals surface area contributed by atoms with Crippen molar-refractivity contribution in [2.45, 2.75) is 18.4 Å². The van der Waals surface area contributed by atoms with Gasteiger partial charge in [-0.2, -0.15) is 0 Å². The Bertz CT molecular complexity index is 741. The molecule has 0 N–H and O–H groups in total. The first-order valence-electron chi connectivity index (χ1n) is 9.08. The molecule has 0 amide bonds.